The molecule has 1 atom stereocenters. The monoisotopic (exact) mass is 353 g/mol. The predicted octanol–water partition coefficient (Wildman–Crippen LogP) is 3.26. The molecule has 0 unspecified atom stereocenters. The van der Waals surface area contributed by atoms with Gasteiger partial charge in [0.2, 0.25) is 0 Å². The summed E-state index contributed by atoms with van der Waals surface area (Å²) in [5.41, 5.74) is 2.69. The van der Waals surface area contributed by atoms with E-state index >= 15 is 0 Å². The zero-order valence-corrected chi connectivity index (χ0v) is 14.8. The van der Waals surface area contributed by atoms with Crippen LogP contribution in [0.5, 0.6) is 0 Å². The van der Waals surface area contributed by atoms with Crippen LogP contribution in [0, 0.1) is 6.92 Å². The Balaban J connectivity index is 1.61. The van der Waals surface area contributed by atoms with Crippen molar-refractivity contribution in [3.8, 4) is 11.5 Å². The molecule has 4 heterocycles. The molecule has 6 nitrogen and oxygen atoms in total. The fourth-order valence-electron chi connectivity index (χ4n) is 3.30. The Labute approximate surface area is 150 Å². The third-order valence-corrected chi connectivity index (χ3v) is 5.34. The van der Waals surface area contributed by atoms with E-state index < -0.39 is 0 Å². The van der Waals surface area contributed by atoms with Gasteiger partial charge in [-0.1, -0.05) is 6.07 Å². The number of aryl methyl sites for hydroxylation is 1. The second-order valence-electron chi connectivity index (χ2n) is 6.27. The fourth-order valence-corrected chi connectivity index (χ4v) is 3.99. The van der Waals surface area contributed by atoms with Gasteiger partial charge in [-0.2, -0.15) is 0 Å². The highest BCUT2D eigenvalue weighted by Gasteiger charge is 2.29. The van der Waals surface area contributed by atoms with Crippen LogP contribution in [0.3, 0.4) is 0 Å². The molecule has 1 aliphatic heterocycles. The number of hydrogen-bond donors (Lipinski definition) is 1. The zero-order chi connectivity index (χ0) is 17.2. The van der Waals surface area contributed by atoms with Crippen molar-refractivity contribution in [1.82, 2.24) is 24.8 Å². The maximum atomic E-state index is 12.7. The molecule has 0 radical (unpaired) electrons. The van der Waals surface area contributed by atoms with Gasteiger partial charge < -0.3 is 9.88 Å². The first-order chi connectivity index (χ1) is 12.2. The molecule has 4 rings (SSSR count). The number of rotatable bonds is 3. The van der Waals surface area contributed by atoms with Gasteiger partial charge in [-0.3, -0.25) is 9.78 Å². The lowest BCUT2D eigenvalue weighted by Crippen LogP contribution is -2.39. The lowest BCUT2D eigenvalue weighted by atomic mass is 9.92. The number of aromatic amines is 1. The van der Waals surface area contributed by atoms with E-state index in [2.05, 4.69) is 19.9 Å². The highest BCUT2D eigenvalue weighted by atomic mass is 32.1. The molecule has 1 N–H and O–H groups in total. The number of hydrogen-bond acceptors (Lipinski definition) is 5. The van der Waals surface area contributed by atoms with Gasteiger partial charge in [-0.05, 0) is 31.2 Å². The summed E-state index contributed by atoms with van der Waals surface area (Å²) in [7, 11) is 0. The van der Waals surface area contributed by atoms with Crippen molar-refractivity contribution < 1.29 is 4.79 Å². The maximum absolute atomic E-state index is 12.7. The summed E-state index contributed by atoms with van der Waals surface area (Å²) in [5.74, 6) is 1.02. The van der Waals surface area contributed by atoms with Crippen LogP contribution in [-0.2, 0) is 0 Å². The largest absolute Gasteiger partial charge is 0.341 e. The number of likely N-dealkylation sites (tertiary alicyclic amines) is 1. The van der Waals surface area contributed by atoms with Crippen molar-refractivity contribution in [3.05, 3.63) is 52.4 Å². The van der Waals surface area contributed by atoms with Crippen molar-refractivity contribution in [1.29, 1.82) is 0 Å². The fraction of sp³-hybridized carbons (Fsp3) is 0.333. The molecule has 25 heavy (non-hydrogen) atoms. The second kappa shape index (κ2) is 6.76. The predicted molar refractivity (Wildman–Crippen MR) is 96.5 cm³/mol. The second-order valence-corrected chi connectivity index (χ2v) is 7.22. The number of H-pyrrole nitrogens is 1. The number of nitrogens with zero attached hydrogens (tertiary/aromatic N) is 4. The topological polar surface area (TPSA) is 74.8 Å². The first-order valence-electron chi connectivity index (χ1n) is 8.38. The molecule has 0 aliphatic carbocycles. The van der Waals surface area contributed by atoms with E-state index in [0.717, 1.165) is 47.2 Å². The van der Waals surface area contributed by atoms with Crippen LogP contribution in [-0.4, -0.2) is 43.8 Å². The van der Waals surface area contributed by atoms with Crippen molar-refractivity contribution >= 4 is 17.2 Å². The lowest BCUT2D eigenvalue weighted by Gasteiger charge is -2.32. The summed E-state index contributed by atoms with van der Waals surface area (Å²) in [4.78, 5) is 32.1. The van der Waals surface area contributed by atoms with Crippen LogP contribution < -0.4 is 0 Å². The van der Waals surface area contributed by atoms with E-state index in [0.29, 0.717) is 6.54 Å². The molecule has 0 bridgehead atoms. The SMILES string of the molecule is Cc1cnc(-c2nccnc2[C@H]2CCCN(C(=O)c3cccs3)C2)[nH]1. The number of imidazole rings is 1. The minimum atomic E-state index is 0.110. The van der Waals surface area contributed by atoms with Gasteiger partial charge in [0, 0.05) is 43.3 Å². The van der Waals surface area contributed by atoms with Gasteiger partial charge in [0.25, 0.3) is 5.91 Å². The summed E-state index contributed by atoms with van der Waals surface area (Å²) in [6, 6.07) is 3.80. The van der Waals surface area contributed by atoms with Gasteiger partial charge in [-0.15, -0.1) is 11.3 Å². The molecule has 3 aromatic rings. The van der Waals surface area contributed by atoms with E-state index in [1.807, 2.05) is 29.3 Å². The average Bonchev–Trinajstić information content (AvgIpc) is 3.33. The van der Waals surface area contributed by atoms with Crippen molar-refractivity contribution in [2.24, 2.45) is 0 Å². The van der Waals surface area contributed by atoms with E-state index in [1.54, 1.807) is 18.6 Å². The van der Waals surface area contributed by atoms with E-state index in [9.17, 15) is 4.79 Å². The number of piperidine rings is 1. The number of carbonyl (C=O) groups excluding carboxylic acids is 1. The highest BCUT2D eigenvalue weighted by Crippen LogP contribution is 2.31. The minimum absolute atomic E-state index is 0.110. The first kappa shape index (κ1) is 16.0. The molecular weight excluding hydrogens is 334 g/mol. The standard InChI is InChI=1S/C18H19N5OS/c1-12-10-21-17(22-12)16-15(19-6-7-20-16)13-4-2-8-23(11-13)18(24)14-5-3-9-25-14/h3,5-7,9-10,13H,2,4,8,11H2,1H3,(H,21,22)/t13-/m0/s1. The van der Waals surface area contributed by atoms with Crippen LogP contribution in [0.1, 0.15) is 39.8 Å². The van der Waals surface area contributed by atoms with Gasteiger partial charge in [0.1, 0.15) is 5.69 Å². The Morgan fingerprint density at radius 2 is 2.20 bits per heavy atom. The first-order valence-corrected chi connectivity index (χ1v) is 9.26. The Hall–Kier alpha value is -2.54. The lowest BCUT2D eigenvalue weighted by molar-refractivity contribution is 0.0711. The third-order valence-electron chi connectivity index (χ3n) is 4.48. The molecule has 1 saturated heterocycles. The van der Waals surface area contributed by atoms with Gasteiger partial charge in [-0.25, -0.2) is 9.97 Å². The Bertz CT molecular complexity index is 873. The summed E-state index contributed by atoms with van der Waals surface area (Å²) in [6.45, 7) is 3.43. The van der Waals surface area contributed by atoms with Crippen LogP contribution in [0.25, 0.3) is 11.5 Å². The summed E-state index contributed by atoms with van der Waals surface area (Å²) >= 11 is 1.49. The van der Waals surface area contributed by atoms with Gasteiger partial charge >= 0.3 is 0 Å². The van der Waals surface area contributed by atoms with Crippen LogP contribution in [0.2, 0.25) is 0 Å². The molecule has 3 aromatic heterocycles. The van der Waals surface area contributed by atoms with Crippen LogP contribution >= 0.6 is 11.3 Å². The Morgan fingerprint density at radius 1 is 1.32 bits per heavy atom. The van der Waals surface area contributed by atoms with Crippen molar-refractivity contribution in [3.63, 3.8) is 0 Å². The Morgan fingerprint density at radius 3 is 2.96 bits per heavy atom. The van der Waals surface area contributed by atoms with E-state index in [1.165, 1.54) is 11.3 Å². The van der Waals surface area contributed by atoms with E-state index in [4.69, 9.17) is 0 Å². The number of thiophene rings is 1. The molecule has 1 amide bonds. The highest BCUT2D eigenvalue weighted by molar-refractivity contribution is 7.12. The Kier molecular flexibility index (Phi) is 4.31. The molecule has 0 saturated carbocycles. The molecule has 1 aliphatic rings. The molecule has 0 spiro atoms. The maximum Gasteiger partial charge on any atom is 0.263 e. The molecule has 7 heteroatoms. The summed E-state index contributed by atoms with van der Waals surface area (Å²) in [6.07, 6.45) is 7.17. The number of amides is 1. The van der Waals surface area contributed by atoms with Crippen LogP contribution in [0.15, 0.2) is 36.1 Å². The quantitative estimate of drug-likeness (QED) is 0.784. The third kappa shape index (κ3) is 3.19. The number of carbonyl (C=O) groups is 1. The average molecular weight is 353 g/mol. The van der Waals surface area contributed by atoms with Crippen molar-refractivity contribution in [2.75, 3.05) is 13.1 Å². The molecular formula is C18H19N5OS. The molecule has 0 aromatic carbocycles. The summed E-state index contributed by atoms with van der Waals surface area (Å²) in [5, 5.41) is 1.94. The number of aromatic nitrogens is 4. The van der Waals surface area contributed by atoms with Gasteiger partial charge in [0.05, 0.1) is 10.6 Å². The van der Waals surface area contributed by atoms with Crippen LogP contribution in [0.4, 0.5) is 0 Å². The number of nitrogens with one attached hydrogen (secondary N) is 1. The van der Waals surface area contributed by atoms with Gasteiger partial charge in [0.15, 0.2) is 5.82 Å². The van der Waals surface area contributed by atoms with Crippen molar-refractivity contribution in [2.45, 2.75) is 25.7 Å². The minimum Gasteiger partial charge on any atom is -0.341 e. The molecule has 1 fully saturated rings. The summed E-state index contributed by atoms with van der Waals surface area (Å²) < 4.78 is 0. The zero-order valence-electron chi connectivity index (χ0n) is 14.0. The molecule has 128 valence electrons. The smallest absolute Gasteiger partial charge is 0.263 e. The normalized spacial score (nSPS) is 17.6. The van der Waals surface area contributed by atoms with E-state index in [-0.39, 0.29) is 11.8 Å².